The fourth-order valence-corrected chi connectivity index (χ4v) is 2.20. The Hall–Kier alpha value is -1.69. The SMILES string of the molecule is CCCN(CC1CC1)C(=O)c1cc([N+](=O)[O-])cnc1Cl. The number of nitrogens with zero attached hydrogens (tertiary/aromatic N) is 3. The summed E-state index contributed by atoms with van der Waals surface area (Å²) in [5.74, 6) is 0.274. The lowest BCUT2D eigenvalue weighted by atomic mass is 10.2. The lowest BCUT2D eigenvalue weighted by Gasteiger charge is -2.22. The first-order chi connectivity index (χ1) is 9.52. The molecular formula is C13H16ClN3O3. The van der Waals surface area contributed by atoms with Crippen LogP contribution in [-0.4, -0.2) is 33.8 Å². The van der Waals surface area contributed by atoms with Crippen molar-refractivity contribution >= 4 is 23.2 Å². The van der Waals surface area contributed by atoms with Crippen LogP contribution in [0.2, 0.25) is 5.15 Å². The molecule has 108 valence electrons. The molecule has 1 fully saturated rings. The van der Waals surface area contributed by atoms with Crippen molar-refractivity contribution in [3.8, 4) is 0 Å². The molecule has 1 heterocycles. The van der Waals surface area contributed by atoms with Crippen molar-refractivity contribution in [3.63, 3.8) is 0 Å². The van der Waals surface area contributed by atoms with E-state index in [9.17, 15) is 14.9 Å². The second-order valence-corrected chi connectivity index (χ2v) is 5.34. The van der Waals surface area contributed by atoms with Gasteiger partial charge in [0.1, 0.15) is 11.3 Å². The molecule has 0 bridgehead atoms. The molecule has 7 heteroatoms. The summed E-state index contributed by atoms with van der Waals surface area (Å²) in [7, 11) is 0. The number of carbonyl (C=O) groups is 1. The second kappa shape index (κ2) is 6.17. The summed E-state index contributed by atoms with van der Waals surface area (Å²) in [6, 6.07) is 1.20. The van der Waals surface area contributed by atoms with Gasteiger partial charge >= 0.3 is 0 Å². The minimum atomic E-state index is -0.578. The van der Waals surface area contributed by atoms with Crippen molar-refractivity contribution < 1.29 is 9.72 Å². The van der Waals surface area contributed by atoms with Crippen LogP contribution in [0.5, 0.6) is 0 Å². The quantitative estimate of drug-likeness (QED) is 0.459. The molecule has 2 rings (SSSR count). The first-order valence-corrected chi connectivity index (χ1v) is 7.00. The van der Waals surface area contributed by atoms with Crippen LogP contribution in [0, 0.1) is 16.0 Å². The van der Waals surface area contributed by atoms with E-state index in [0.29, 0.717) is 19.0 Å². The first-order valence-electron chi connectivity index (χ1n) is 6.62. The van der Waals surface area contributed by atoms with Crippen LogP contribution in [0.15, 0.2) is 12.3 Å². The number of rotatable bonds is 6. The van der Waals surface area contributed by atoms with Crippen LogP contribution < -0.4 is 0 Å². The van der Waals surface area contributed by atoms with Gasteiger partial charge in [0.05, 0.1) is 10.5 Å². The van der Waals surface area contributed by atoms with E-state index in [4.69, 9.17) is 11.6 Å². The maximum Gasteiger partial charge on any atom is 0.288 e. The maximum atomic E-state index is 12.5. The lowest BCUT2D eigenvalue weighted by molar-refractivity contribution is -0.385. The number of hydrogen-bond acceptors (Lipinski definition) is 4. The number of carbonyl (C=O) groups excluding carboxylic acids is 1. The summed E-state index contributed by atoms with van der Waals surface area (Å²) in [5.41, 5.74) is -0.115. The monoisotopic (exact) mass is 297 g/mol. The van der Waals surface area contributed by atoms with Crippen molar-refractivity contribution in [2.75, 3.05) is 13.1 Å². The van der Waals surface area contributed by atoms with E-state index in [1.807, 2.05) is 6.92 Å². The standard InChI is InChI=1S/C13H16ClN3O3/c1-2-5-16(8-9-3-4-9)13(18)11-6-10(17(19)20)7-15-12(11)14/h6-7,9H,2-5,8H2,1H3. The Morgan fingerprint density at radius 2 is 2.30 bits per heavy atom. The fourth-order valence-electron chi connectivity index (χ4n) is 2.01. The molecule has 0 aliphatic heterocycles. The molecule has 1 aromatic rings. The van der Waals surface area contributed by atoms with Crippen molar-refractivity contribution in [1.82, 2.24) is 9.88 Å². The van der Waals surface area contributed by atoms with Crippen LogP contribution in [-0.2, 0) is 0 Å². The minimum absolute atomic E-state index is 0.0116. The zero-order chi connectivity index (χ0) is 14.7. The lowest BCUT2D eigenvalue weighted by Crippen LogP contribution is -2.34. The molecule has 0 radical (unpaired) electrons. The van der Waals surface area contributed by atoms with Gasteiger partial charge in [-0.2, -0.15) is 0 Å². The molecule has 0 spiro atoms. The number of hydrogen-bond donors (Lipinski definition) is 0. The number of halogens is 1. The largest absolute Gasteiger partial charge is 0.338 e. The second-order valence-electron chi connectivity index (χ2n) is 4.98. The zero-order valence-corrected chi connectivity index (χ0v) is 12.0. The van der Waals surface area contributed by atoms with Crippen LogP contribution in [0.4, 0.5) is 5.69 Å². The van der Waals surface area contributed by atoms with Crippen molar-refractivity contribution in [2.45, 2.75) is 26.2 Å². The molecule has 0 atom stereocenters. The highest BCUT2D eigenvalue weighted by Crippen LogP contribution is 2.31. The average molecular weight is 298 g/mol. The van der Waals surface area contributed by atoms with E-state index in [1.54, 1.807) is 4.90 Å². The maximum absolute atomic E-state index is 12.5. The Morgan fingerprint density at radius 3 is 2.85 bits per heavy atom. The highest BCUT2D eigenvalue weighted by atomic mass is 35.5. The average Bonchev–Trinajstić information content (AvgIpc) is 3.21. The highest BCUT2D eigenvalue weighted by Gasteiger charge is 2.28. The Morgan fingerprint density at radius 1 is 1.60 bits per heavy atom. The first kappa shape index (κ1) is 14.7. The van der Waals surface area contributed by atoms with Gasteiger partial charge in [-0.3, -0.25) is 14.9 Å². The molecular weight excluding hydrogens is 282 g/mol. The summed E-state index contributed by atoms with van der Waals surface area (Å²) in [6.07, 6.45) is 4.16. The van der Waals surface area contributed by atoms with Crippen LogP contribution >= 0.6 is 11.6 Å². The molecule has 1 amide bonds. The molecule has 1 aliphatic carbocycles. The van der Waals surface area contributed by atoms with E-state index in [-0.39, 0.29) is 22.3 Å². The van der Waals surface area contributed by atoms with E-state index in [0.717, 1.165) is 25.5 Å². The number of nitro groups is 1. The predicted molar refractivity (Wildman–Crippen MR) is 74.8 cm³/mol. The topological polar surface area (TPSA) is 76.3 Å². The number of pyridine rings is 1. The van der Waals surface area contributed by atoms with Crippen LogP contribution in [0.1, 0.15) is 36.5 Å². The van der Waals surface area contributed by atoms with Gasteiger partial charge in [-0.15, -0.1) is 0 Å². The minimum Gasteiger partial charge on any atom is -0.338 e. The summed E-state index contributed by atoms with van der Waals surface area (Å²) in [6.45, 7) is 3.29. The van der Waals surface area contributed by atoms with E-state index < -0.39 is 4.92 Å². The van der Waals surface area contributed by atoms with Crippen molar-refractivity contribution in [2.24, 2.45) is 5.92 Å². The molecule has 0 saturated heterocycles. The van der Waals surface area contributed by atoms with Gasteiger partial charge in [-0.05, 0) is 25.2 Å². The van der Waals surface area contributed by atoms with Crippen LogP contribution in [0.25, 0.3) is 0 Å². The molecule has 0 N–H and O–H groups in total. The Kier molecular flexibility index (Phi) is 4.54. The summed E-state index contributed by atoms with van der Waals surface area (Å²) < 4.78 is 0. The predicted octanol–water partition coefficient (Wildman–Crippen LogP) is 2.91. The molecule has 6 nitrogen and oxygen atoms in total. The third-order valence-corrected chi connectivity index (χ3v) is 3.52. The molecule has 20 heavy (non-hydrogen) atoms. The summed E-state index contributed by atoms with van der Waals surface area (Å²) >= 11 is 5.91. The smallest absolute Gasteiger partial charge is 0.288 e. The summed E-state index contributed by atoms with van der Waals surface area (Å²) in [5, 5.41) is 10.8. The Bertz CT molecular complexity index is 532. The van der Waals surface area contributed by atoms with E-state index >= 15 is 0 Å². The van der Waals surface area contributed by atoms with Gasteiger partial charge in [0, 0.05) is 19.2 Å². The van der Waals surface area contributed by atoms with Crippen molar-refractivity contribution in [1.29, 1.82) is 0 Å². The number of aromatic nitrogens is 1. The normalized spacial score (nSPS) is 14.1. The third-order valence-electron chi connectivity index (χ3n) is 3.22. The molecule has 1 saturated carbocycles. The Labute approximate surface area is 121 Å². The van der Waals surface area contributed by atoms with Crippen LogP contribution in [0.3, 0.4) is 0 Å². The number of amides is 1. The van der Waals surface area contributed by atoms with E-state index in [1.165, 1.54) is 6.07 Å². The Balaban J connectivity index is 2.24. The fraction of sp³-hybridized carbons (Fsp3) is 0.538. The van der Waals surface area contributed by atoms with Gasteiger partial charge < -0.3 is 4.90 Å². The van der Waals surface area contributed by atoms with Gasteiger partial charge in [0.2, 0.25) is 0 Å². The van der Waals surface area contributed by atoms with Crippen molar-refractivity contribution in [3.05, 3.63) is 33.1 Å². The highest BCUT2D eigenvalue weighted by molar-refractivity contribution is 6.32. The molecule has 0 aromatic carbocycles. The summed E-state index contributed by atoms with van der Waals surface area (Å²) in [4.78, 5) is 28.1. The third kappa shape index (κ3) is 3.45. The van der Waals surface area contributed by atoms with Gasteiger partial charge in [-0.1, -0.05) is 18.5 Å². The zero-order valence-electron chi connectivity index (χ0n) is 11.2. The van der Waals surface area contributed by atoms with Gasteiger partial charge in [-0.25, -0.2) is 4.98 Å². The van der Waals surface area contributed by atoms with Gasteiger partial charge in [0.25, 0.3) is 11.6 Å². The molecule has 1 aliphatic rings. The molecule has 0 unspecified atom stereocenters. The van der Waals surface area contributed by atoms with Gasteiger partial charge in [0.15, 0.2) is 0 Å². The molecule has 1 aromatic heterocycles. The van der Waals surface area contributed by atoms with E-state index in [2.05, 4.69) is 4.98 Å².